The Hall–Kier alpha value is -1.94. The number of nitrogens with zero attached hydrogens (tertiary/aromatic N) is 2. The lowest BCUT2D eigenvalue weighted by Gasteiger charge is -2.33. The molecule has 3 nitrogen and oxygen atoms in total. The Kier molecular flexibility index (Phi) is 4.03. The van der Waals surface area contributed by atoms with E-state index in [4.69, 9.17) is 0 Å². The second-order valence-electron chi connectivity index (χ2n) is 8.15. The molecule has 0 saturated carbocycles. The van der Waals surface area contributed by atoms with Crippen LogP contribution in [0.25, 0.3) is 10.2 Å². The lowest BCUT2D eigenvalue weighted by molar-refractivity contribution is 0.218. The molecule has 1 N–H and O–H groups in total. The number of rotatable bonds is 2. The topological polar surface area (TPSA) is 37.8 Å². The minimum Gasteiger partial charge on any atom is -0.339 e. The molecule has 1 aromatic carbocycles. The maximum atomic E-state index is 4.58. The van der Waals surface area contributed by atoms with Crippen LogP contribution in [0, 0.1) is 18.3 Å². The number of fused-ring (bicyclic) bond motifs is 3. The minimum absolute atomic E-state index is 0.363. The van der Waals surface area contributed by atoms with Gasteiger partial charge in [0.1, 0.15) is 17.0 Å². The molecule has 0 aliphatic heterocycles. The first-order chi connectivity index (χ1) is 11.9. The molecule has 1 aliphatic rings. The van der Waals surface area contributed by atoms with Crippen LogP contribution in [0.15, 0.2) is 30.6 Å². The maximum absolute atomic E-state index is 4.58. The highest BCUT2D eigenvalue weighted by atomic mass is 32.1. The molecule has 0 radical (unpaired) electrons. The van der Waals surface area contributed by atoms with Crippen molar-refractivity contribution >= 4 is 33.1 Å². The zero-order chi connectivity index (χ0) is 17.6. The van der Waals surface area contributed by atoms with E-state index in [0.29, 0.717) is 5.41 Å². The summed E-state index contributed by atoms with van der Waals surface area (Å²) >= 11 is 1.86. The van der Waals surface area contributed by atoms with Gasteiger partial charge in [0.15, 0.2) is 0 Å². The third-order valence-electron chi connectivity index (χ3n) is 5.47. The van der Waals surface area contributed by atoms with Crippen molar-refractivity contribution in [3.63, 3.8) is 0 Å². The quantitative estimate of drug-likeness (QED) is 0.625. The Bertz CT molecular complexity index is 921. The van der Waals surface area contributed by atoms with Crippen molar-refractivity contribution in [2.75, 3.05) is 5.32 Å². The summed E-state index contributed by atoms with van der Waals surface area (Å²) in [5.41, 5.74) is 4.18. The lowest BCUT2D eigenvalue weighted by atomic mass is 9.72. The van der Waals surface area contributed by atoms with Crippen LogP contribution in [0.3, 0.4) is 0 Å². The highest BCUT2D eigenvalue weighted by Gasteiger charge is 2.31. The van der Waals surface area contributed by atoms with Crippen LogP contribution in [0.4, 0.5) is 11.5 Å². The zero-order valence-corrected chi connectivity index (χ0v) is 16.2. The van der Waals surface area contributed by atoms with Crippen LogP contribution in [0.1, 0.15) is 43.2 Å². The second kappa shape index (κ2) is 6.10. The van der Waals surface area contributed by atoms with Gasteiger partial charge in [0, 0.05) is 10.6 Å². The van der Waals surface area contributed by atoms with Crippen molar-refractivity contribution in [2.24, 2.45) is 11.3 Å². The van der Waals surface area contributed by atoms with E-state index in [-0.39, 0.29) is 0 Å². The summed E-state index contributed by atoms with van der Waals surface area (Å²) in [7, 11) is 0. The number of para-hydroxylation sites is 1. The molecule has 1 atom stereocenters. The van der Waals surface area contributed by atoms with Crippen molar-refractivity contribution < 1.29 is 0 Å². The molecule has 0 amide bonds. The molecular weight excluding hydrogens is 326 g/mol. The summed E-state index contributed by atoms with van der Waals surface area (Å²) in [4.78, 5) is 11.8. The first kappa shape index (κ1) is 16.5. The van der Waals surface area contributed by atoms with E-state index >= 15 is 0 Å². The first-order valence-corrected chi connectivity index (χ1v) is 9.83. The fraction of sp³-hybridized carbons (Fsp3) is 0.429. The van der Waals surface area contributed by atoms with E-state index in [2.05, 4.69) is 67.2 Å². The summed E-state index contributed by atoms with van der Waals surface area (Å²) in [5, 5.41) is 4.78. The molecule has 25 heavy (non-hydrogen) atoms. The highest BCUT2D eigenvalue weighted by molar-refractivity contribution is 7.19. The fourth-order valence-corrected chi connectivity index (χ4v) is 5.05. The van der Waals surface area contributed by atoms with Gasteiger partial charge >= 0.3 is 0 Å². The van der Waals surface area contributed by atoms with Crippen molar-refractivity contribution in [3.8, 4) is 0 Å². The number of thiophene rings is 1. The van der Waals surface area contributed by atoms with Crippen LogP contribution >= 0.6 is 11.3 Å². The van der Waals surface area contributed by atoms with Gasteiger partial charge in [-0.05, 0) is 54.7 Å². The van der Waals surface area contributed by atoms with Gasteiger partial charge in [-0.2, -0.15) is 0 Å². The molecule has 0 saturated heterocycles. The van der Waals surface area contributed by atoms with Crippen molar-refractivity contribution in [1.82, 2.24) is 9.97 Å². The molecule has 130 valence electrons. The largest absolute Gasteiger partial charge is 0.339 e. The van der Waals surface area contributed by atoms with E-state index in [1.807, 2.05) is 11.3 Å². The molecule has 0 spiro atoms. The normalized spacial score (nSPS) is 17.5. The van der Waals surface area contributed by atoms with Crippen molar-refractivity contribution in [1.29, 1.82) is 0 Å². The smallest absolute Gasteiger partial charge is 0.142 e. The summed E-state index contributed by atoms with van der Waals surface area (Å²) in [5.74, 6) is 1.69. The van der Waals surface area contributed by atoms with E-state index in [1.165, 1.54) is 34.2 Å². The van der Waals surface area contributed by atoms with Crippen LogP contribution in [-0.4, -0.2) is 9.97 Å². The van der Waals surface area contributed by atoms with E-state index in [1.54, 1.807) is 6.33 Å². The fourth-order valence-electron chi connectivity index (χ4n) is 3.78. The minimum atomic E-state index is 0.363. The standard InChI is InChI=1S/C21H25N3S/c1-13-7-5-6-8-16(13)24-19-18-15-10-9-14(21(2,3)4)11-17(15)25-20(18)23-12-22-19/h5-8,12,14H,9-11H2,1-4H3,(H,22,23,24). The number of hydrogen-bond acceptors (Lipinski definition) is 4. The Morgan fingerprint density at radius 2 is 1.96 bits per heavy atom. The maximum Gasteiger partial charge on any atom is 0.142 e. The molecule has 4 heteroatoms. The van der Waals surface area contributed by atoms with Gasteiger partial charge in [-0.1, -0.05) is 39.0 Å². The molecule has 2 heterocycles. The average molecular weight is 352 g/mol. The zero-order valence-electron chi connectivity index (χ0n) is 15.4. The molecule has 1 unspecified atom stereocenters. The van der Waals surface area contributed by atoms with Gasteiger partial charge < -0.3 is 5.32 Å². The van der Waals surface area contributed by atoms with Gasteiger partial charge in [-0.25, -0.2) is 9.97 Å². The first-order valence-electron chi connectivity index (χ1n) is 9.01. The molecular formula is C21H25N3S. The number of aryl methyl sites for hydroxylation is 2. The van der Waals surface area contributed by atoms with Gasteiger partial charge in [-0.3, -0.25) is 0 Å². The van der Waals surface area contributed by atoms with E-state index < -0.39 is 0 Å². The van der Waals surface area contributed by atoms with Gasteiger partial charge in [0.2, 0.25) is 0 Å². The second-order valence-corrected chi connectivity index (χ2v) is 9.24. The molecule has 0 bridgehead atoms. The summed E-state index contributed by atoms with van der Waals surface area (Å²) < 4.78 is 0. The molecule has 0 fully saturated rings. The van der Waals surface area contributed by atoms with Gasteiger partial charge in [0.05, 0.1) is 5.39 Å². The summed E-state index contributed by atoms with van der Waals surface area (Å²) in [6.07, 6.45) is 5.24. The Labute approximate surface area is 153 Å². The summed E-state index contributed by atoms with van der Waals surface area (Å²) in [6, 6.07) is 8.36. The van der Waals surface area contributed by atoms with Gasteiger partial charge in [-0.15, -0.1) is 11.3 Å². The highest BCUT2D eigenvalue weighted by Crippen LogP contribution is 2.44. The average Bonchev–Trinajstić information content (AvgIpc) is 2.94. The van der Waals surface area contributed by atoms with Crippen molar-refractivity contribution in [2.45, 2.75) is 47.0 Å². The predicted octanol–water partition coefficient (Wildman–Crippen LogP) is 5.89. The van der Waals surface area contributed by atoms with Crippen LogP contribution < -0.4 is 5.32 Å². The van der Waals surface area contributed by atoms with Gasteiger partial charge in [0.25, 0.3) is 0 Å². The SMILES string of the molecule is Cc1ccccc1Nc1ncnc2sc3c(c12)CCC(C(C)(C)C)C3. The lowest BCUT2D eigenvalue weighted by Crippen LogP contribution is -2.26. The number of hydrogen-bond donors (Lipinski definition) is 1. The number of benzene rings is 1. The Morgan fingerprint density at radius 1 is 1.16 bits per heavy atom. The third kappa shape index (κ3) is 3.04. The van der Waals surface area contributed by atoms with Crippen LogP contribution in [0.2, 0.25) is 0 Å². The Balaban J connectivity index is 1.76. The molecule has 3 aromatic rings. The van der Waals surface area contributed by atoms with Crippen LogP contribution in [-0.2, 0) is 12.8 Å². The molecule has 4 rings (SSSR count). The molecule has 2 aromatic heterocycles. The van der Waals surface area contributed by atoms with E-state index in [9.17, 15) is 0 Å². The predicted molar refractivity (Wildman–Crippen MR) is 107 cm³/mol. The van der Waals surface area contributed by atoms with Crippen molar-refractivity contribution in [3.05, 3.63) is 46.6 Å². The van der Waals surface area contributed by atoms with E-state index in [0.717, 1.165) is 28.7 Å². The van der Waals surface area contributed by atoms with Crippen LogP contribution in [0.5, 0.6) is 0 Å². The number of anilines is 2. The number of aromatic nitrogens is 2. The molecule has 1 aliphatic carbocycles. The summed E-state index contributed by atoms with van der Waals surface area (Å²) in [6.45, 7) is 9.21. The monoisotopic (exact) mass is 351 g/mol. The third-order valence-corrected chi connectivity index (χ3v) is 6.63. The Morgan fingerprint density at radius 3 is 2.72 bits per heavy atom. The number of nitrogens with one attached hydrogen (secondary N) is 1.